The lowest BCUT2D eigenvalue weighted by Gasteiger charge is -2.07. The lowest BCUT2D eigenvalue weighted by Crippen LogP contribution is -1.97. The molecule has 0 saturated heterocycles. The molecule has 3 rings (SSSR count). The summed E-state index contributed by atoms with van der Waals surface area (Å²) in [6.45, 7) is 2.82. The number of hydrogen-bond acceptors (Lipinski definition) is 3. The van der Waals surface area contributed by atoms with E-state index in [2.05, 4.69) is 16.9 Å². The van der Waals surface area contributed by atoms with Crippen molar-refractivity contribution < 1.29 is 4.74 Å². The average molecular weight is 285 g/mol. The standard InChI is InChI=1S/C15H15N3OS/c1-2-9-19-12-5-3-11(4-6-12)18-14-7-8-16-10-13(14)17-15(18)20/h3-8,10H,2,9H2,1H3,(H,17,20). The highest BCUT2D eigenvalue weighted by Gasteiger charge is 2.06. The summed E-state index contributed by atoms with van der Waals surface area (Å²) in [5.74, 6) is 0.878. The largest absolute Gasteiger partial charge is 0.494 e. The number of pyridine rings is 1. The number of hydrogen-bond donors (Lipinski definition) is 1. The Morgan fingerprint density at radius 3 is 2.80 bits per heavy atom. The van der Waals surface area contributed by atoms with E-state index in [1.54, 1.807) is 12.4 Å². The zero-order valence-corrected chi connectivity index (χ0v) is 12.0. The molecule has 0 aliphatic rings. The number of nitrogens with zero attached hydrogens (tertiary/aromatic N) is 2. The minimum absolute atomic E-state index is 0.662. The highest BCUT2D eigenvalue weighted by atomic mass is 32.1. The van der Waals surface area contributed by atoms with Crippen molar-refractivity contribution in [3.63, 3.8) is 0 Å². The van der Waals surface area contributed by atoms with E-state index in [4.69, 9.17) is 17.0 Å². The Kier molecular flexibility index (Phi) is 3.52. The van der Waals surface area contributed by atoms with Crippen molar-refractivity contribution in [2.24, 2.45) is 0 Å². The van der Waals surface area contributed by atoms with Gasteiger partial charge in [-0.1, -0.05) is 6.92 Å². The summed E-state index contributed by atoms with van der Waals surface area (Å²) in [6.07, 6.45) is 4.54. The van der Waals surface area contributed by atoms with Gasteiger partial charge in [-0.25, -0.2) is 0 Å². The molecule has 0 amide bonds. The van der Waals surface area contributed by atoms with Crippen molar-refractivity contribution in [2.75, 3.05) is 6.61 Å². The number of aromatic nitrogens is 3. The lowest BCUT2D eigenvalue weighted by atomic mass is 10.3. The Morgan fingerprint density at radius 2 is 2.05 bits per heavy atom. The summed E-state index contributed by atoms with van der Waals surface area (Å²) in [7, 11) is 0. The van der Waals surface area contributed by atoms with E-state index >= 15 is 0 Å². The second-order valence-corrected chi connectivity index (χ2v) is 4.89. The average Bonchev–Trinajstić information content (AvgIpc) is 2.81. The van der Waals surface area contributed by atoms with Crippen LogP contribution in [0.5, 0.6) is 5.75 Å². The Morgan fingerprint density at radius 1 is 1.25 bits per heavy atom. The second-order valence-electron chi connectivity index (χ2n) is 4.50. The van der Waals surface area contributed by atoms with Gasteiger partial charge in [0.1, 0.15) is 5.75 Å². The zero-order valence-electron chi connectivity index (χ0n) is 11.2. The Hall–Kier alpha value is -2.14. The van der Waals surface area contributed by atoms with E-state index in [9.17, 15) is 0 Å². The van der Waals surface area contributed by atoms with Crippen LogP contribution in [-0.4, -0.2) is 21.1 Å². The third-order valence-electron chi connectivity index (χ3n) is 3.05. The summed E-state index contributed by atoms with van der Waals surface area (Å²) in [6, 6.07) is 9.89. The molecule has 0 atom stereocenters. The molecular formula is C15H15N3OS. The van der Waals surface area contributed by atoms with Crippen molar-refractivity contribution in [3.05, 3.63) is 47.5 Å². The van der Waals surface area contributed by atoms with Crippen LogP contribution >= 0.6 is 12.2 Å². The van der Waals surface area contributed by atoms with Crippen LogP contribution in [0.3, 0.4) is 0 Å². The van der Waals surface area contributed by atoms with Crippen molar-refractivity contribution in [1.29, 1.82) is 0 Å². The van der Waals surface area contributed by atoms with Gasteiger partial charge < -0.3 is 9.72 Å². The van der Waals surface area contributed by atoms with Gasteiger partial charge in [0.25, 0.3) is 0 Å². The fourth-order valence-corrected chi connectivity index (χ4v) is 2.44. The first-order valence-corrected chi connectivity index (χ1v) is 6.98. The molecule has 0 aliphatic carbocycles. The van der Waals surface area contributed by atoms with E-state index in [-0.39, 0.29) is 0 Å². The molecule has 2 aromatic heterocycles. The monoisotopic (exact) mass is 285 g/mol. The van der Waals surface area contributed by atoms with Crippen LogP contribution in [-0.2, 0) is 0 Å². The van der Waals surface area contributed by atoms with Crippen LogP contribution in [0, 0.1) is 4.77 Å². The zero-order chi connectivity index (χ0) is 13.9. The molecule has 0 bridgehead atoms. The van der Waals surface area contributed by atoms with E-state index in [1.807, 2.05) is 34.9 Å². The highest BCUT2D eigenvalue weighted by Crippen LogP contribution is 2.21. The van der Waals surface area contributed by atoms with Crippen molar-refractivity contribution in [1.82, 2.24) is 14.5 Å². The quantitative estimate of drug-likeness (QED) is 0.740. The van der Waals surface area contributed by atoms with Crippen molar-refractivity contribution in [2.45, 2.75) is 13.3 Å². The van der Waals surface area contributed by atoms with Crippen molar-refractivity contribution in [3.8, 4) is 11.4 Å². The van der Waals surface area contributed by atoms with Gasteiger partial charge in [0.15, 0.2) is 4.77 Å². The molecule has 5 heteroatoms. The molecule has 0 fully saturated rings. The molecule has 4 nitrogen and oxygen atoms in total. The minimum Gasteiger partial charge on any atom is -0.494 e. The highest BCUT2D eigenvalue weighted by molar-refractivity contribution is 7.71. The van der Waals surface area contributed by atoms with Crippen LogP contribution in [0.15, 0.2) is 42.7 Å². The van der Waals surface area contributed by atoms with E-state index in [1.165, 1.54) is 0 Å². The molecule has 102 valence electrons. The number of benzene rings is 1. The molecule has 20 heavy (non-hydrogen) atoms. The lowest BCUT2D eigenvalue weighted by molar-refractivity contribution is 0.317. The van der Waals surface area contributed by atoms with Crippen LogP contribution < -0.4 is 4.74 Å². The topological polar surface area (TPSA) is 42.8 Å². The van der Waals surface area contributed by atoms with E-state index in [0.29, 0.717) is 4.77 Å². The van der Waals surface area contributed by atoms with Gasteiger partial charge in [-0.15, -0.1) is 0 Å². The summed E-state index contributed by atoms with van der Waals surface area (Å²) < 4.78 is 8.25. The molecule has 0 aliphatic heterocycles. The molecule has 1 aromatic carbocycles. The number of rotatable bonds is 4. The number of ether oxygens (including phenoxy) is 1. The number of fused-ring (bicyclic) bond motifs is 1. The van der Waals surface area contributed by atoms with E-state index in [0.717, 1.165) is 35.5 Å². The second kappa shape index (κ2) is 5.46. The summed E-state index contributed by atoms with van der Waals surface area (Å²) >= 11 is 5.39. The van der Waals surface area contributed by atoms with Crippen LogP contribution in [0.25, 0.3) is 16.7 Å². The maximum atomic E-state index is 5.59. The first-order valence-electron chi connectivity index (χ1n) is 6.57. The molecule has 1 N–H and O–H groups in total. The third-order valence-corrected chi connectivity index (χ3v) is 3.34. The Balaban J connectivity index is 2.03. The smallest absolute Gasteiger partial charge is 0.182 e. The fraction of sp³-hybridized carbons (Fsp3) is 0.200. The number of imidazole rings is 1. The van der Waals surface area contributed by atoms with Gasteiger partial charge in [-0.2, -0.15) is 0 Å². The predicted octanol–water partition coefficient (Wildman–Crippen LogP) is 3.87. The number of nitrogens with one attached hydrogen (secondary N) is 1. The van der Waals surface area contributed by atoms with Gasteiger partial charge in [-0.05, 0) is 49.0 Å². The van der Waals surface area contributed by atoms with Gasteiger partial charge in [0.05, 0.1) is 23.8 Å². The first kappa shape index (κ1) is 12.9. The Labute approximate surface area is 122 Å². The third kappa shape index (κ3) is 2.32. The van der Waals surface area contributed by atoms with Gasteiger partial charge in [0, 0.05) is 11.9 Å². The summed E-state index contributed by atoms with van der Waals surface area (Å²) in [4.78, 5) is 7.26. The maximum absolute atomic E-state index is 5.59. The SMILES string of the molecule is CCCOc1ccc(-n2c(=S)[nH]c3cnccc32)cc1. The minimum atomic E-state index is 0.662. The van der Waals surface area contributed by atoms with Crippen molar-refractivity contribution >= 4 is 23.3 Å². The number of H-pyrrole nitrogens is 1. The van der Waals surface area contributed by atoms with Crippen LogP contribution in [0.1, 0.15) is 13.3 Å². The molecule has 0 radical (unpaired) electrons. The van der Waals surface area contributed by atoms with Gasteiger partial charge in [0.2, 0.25) is 0 Å². The summed E-state index contributed by atoms with van der Waals surface area (Å²) in [5, 5.41) is 0. The fourth-order valence-electron chi connectivity index (χ4n) is 2.13. The normalized spacial score (nSPS) is 10.8. The molecular weight excluding hydrogens is 270 g/mol. The molecule has 3 aromatic rings. The molecule has 0 spiro atoms. The summed E-state index contributed by atoms with van der Waals surface area (Å²) in [5.41, 5.74) is 2.97. The van der Waals surface area contributed by atoms with Gasteiger partial charge in [-0.3, -0.25) is 9.55 Å². The molecule has 0 unspecified atom stereocenters. The maximum Gasteiger partial charge on any atom is 0.182 e. The van der Waals surface area contributed by atoms with Gasteiger partial charge >= 0.3 is 0 Å². The number of aromatic amines is 1. The van der Waals surface area contributed by atoms with Crippen LogP contribution in [0.4, 0.5) is 0 Å². The van der Waals surface area contributed by atoms with Crippen LogP contribution in [0.2, 0.25) is 0 Å². The molecule has 2 heterocycles. The molecule has 0 saturated carbocycles. The van der Waals surface area contributed by atoms with E-state index < -0.39 is 0 Å². The Bertz CT molecular complexity index is 774. The predicted molar refractivity (Wildman–Crippen MR) is 82.0 cm³/mol. The first-order chi connectivity index (χ1) is 9.79.